The first-order valence-corrected chi connectivity index (χ1v) is 7.82. The fourth-order valence-corrected chi connectivity index (χ4v) is 2.67. The van der Waals surface area contributed by atoms with Crippen molar-refractivity contribution in [3.63, 3.8) is 0 Å². The third-order valence-electron chi connectivity index (χ3n) is 3.89. The number of hydrogen-bond acceptors (Lipinski definition) is 3. The van der Waals surface area contributed by atoms with E-state index in [2.05, 4.69) is 5.32 Å². The fraction of sp³-hybridized carbons (Fsp3) is 0.529. The Hall–Kier alpha value is -2.04. The summed E-state index contributed by atoms with van der Waals surface area (Å²) in [7, 11) is 1.64. The fourth-order valence-electron chi connectivity index (χ4n) is 2.67. The van der Waals surface area contributed by atoms with Gasteiger partial charge in [-0.05, 0) is 30.5 Å². The quantitative estimate of drug-likeness (QED) is 0.835. The van der Waals surface area contributed by atoms with Gasteiger partial charge in [-0.15, -0.1) is 0 Å². The molecule has 0 spiro atoms. The van der Waals surface area contributed by atoms with Gasteiger partial charge in [0, 0.05) is 25.9 Å². The van der Waals surface area contributed by atoms with Crippen LogP contribution in [-0.4, -0.2) is 43.0 Å². The number of hydrogen-bond donors (Lipinski definition) is 1. The van der Waals surface area contributed by atoms with Gasteiger partial charge in [0.05, 0.1) is 13.2 Å². The topological polar surface area (TPSA) is 58.6 Å². The van der Waals surface area contributed by atoms with Crippen molar-refractivity contribution in [3.05, 3.63) is 29.8 Å². The molecule has 0 unspecified atom stereocenters. The zero-order chi connectivity index (χ0) is 15.9. The number of amides is 2. The summed E-state index contributed by atoms with van der Waals surface area (Å²) in [6.45, 7) is 3.27. The van der Waals surface area contributed by atoms with Crippen LogP contribution in [0.4, 0.5) is 0 Å². The maximum absolute atomic E-state index is 12.0. The Morgan fingerprint density at radius 1 is 1.36 bits per heavy atom. The Morgan fingerprint density at radius 3 is 2.73 bits per heavy atom. The minimum Gasteiger partial charge on any atom is -0.497 e. The van der Waals surface area contributed by atoms with Crippen LogP contribution in [0.15, 0.2) is 24.3 Å². The van der Waals surface area contributed by atoms with Crippen molar-refractivity contribution in [2.75, 3.05) is 20.2 Å². The molecule has 0 radical (unpaired) electrons. The molecular weight excluding hydrogens is 280 g/mol. The molecule has 22 heavy (non-hydrogen) atoms. The molecule has 1 aliphatic heterocycles. The molecule has 1 aromatic carbocycles. The lowest BCUT2D eigenvalue weighted by Gasteiger charge is -2.17. The van der Waals surface area contributed by atoms with Crippen LogP contribution in [0.25, 0.3) is 0 Å². The Kier molecular flexibility index (Phi) is 5.81. The number of carbonyl (C=O) groups is 2. The second-order valence-corrected chi connectivity index (χ2v) is 5.66. The van der Waals surface area contributed by atoms with E-state index < -0.39 is 0 Å². The molecule has 0 saturated carbocycles. The first-order valence-electron chi connectivity index (χ1n) is 7.82. The lowest BCUT2D eigenvalue weighted by atomic mass is 10.1. The summed E-state index contributed by atoms with van der Waals surface area (Å²) < 4.78 is 5.13. The van der Waals surface area contributed by atoms with E-state index in [1.54, 1.807) is 7.11 Å². The van der Waals surface area contributed by atoms with Crippen molar-refractivity contribution in [1.29, 1.82) is 0 Å². The molecule has 1 atom stereocenters. The van der Waals surface area contributed by atoms with Crippen LogP contribution in [0, 0.1) is 0 Å². The van der Waals surface area contributed by atoms with Gasteiger partial charge in [0.2, 0.25) is 11.8 Å². The molecular formula is C17H24N2O3. The summed E-state index contributed by atoms with van der Waals surface area (Å²) in [6.07, 6.45) is 2.58. The van der Waals surface area contributed by atoms with Gasteiger partial charge in [-0.2, -0.15) is 0 Å². The van der Waals surface area contributed by atoms with Crippen molar-refractivity contribution in [1.82, 2.24) is 10.2 Å². The van der Waals surface area contributed by atoms with E-state index in [1.165, 1.54) is 5.56 Å². The van der Waals surface area contributed by atoms with Crippen LogP contribution in [0.2, 0.25) is 0 Å². The average molecular weight is 304 g/mol. The number of ether oxygens (including phenoxy) is 1. The van der Waals surface area contributed by atoms with Gasteiger partial charge in [-0.25, -0.2) is 0 Å². The number of rotatable bonds is 7. The Bertz CT molecular complexity index is 513. The molecule has 2 rings (SSSR count). The molecule has 1 aliphatic rings. The normalized spacial score (nSPS) is 17.6. The number of nitrogens with one attached hydrogen (secondary N) is 1. The van der Waals surface area contributed by atoms with Gasteiger partial charge in [-0.3, -0.25) is 9.59 Å². The first kappa shape index (κ1) is 16.3. The molecule has 1 fully saturated rings. The number of carbonyl (C=O) groups excluding carboxylic acids is 2. The largest absolute Gasteiger partial charge is 0.497 e. The van der Waals surface area contributed by atoms with Crippen LogP contribution in [0.5, 0.6) is 5.75 Å². The van der Waals surface area contributed by atoms with Crippen LogP contribution in [0.1, 0.15) is 31.7 Å². The van der Waals surface area contributed by atoms with E-state index >= 15 is 0 Å². The smallest absolute Gasteiger partial charge is 0.224 e. The minimum absolute atomic E-state index is 0.0392. The third kappa shape index (κ3) is 4.48. The van der Waals surface area contributed by atoms with Crippen LogP contribution >= 0.6 is 0 Å². The molecule has 5 heteroatoms. The van der Waals surface area contributed by atoms with E-state index in [9.17, 15) is 9.59 Å². The maximum Gasteiger partial charge on any atom is 0.224 e. The zero-order valence-corrected chi connectivity index (χ0v) is 13.3. The molecule has 0 aliphatic carbocycles. The lowest BCUT2D eigenvalue weighted by Crippen LogP contribution is -2.37. The van der Waals surface area contributed by atoms with E-state index in [4.69, 9.17) is 4.74 Å². The van der Waals surface area contributed by atoms with Gasteiger partial charge < -0.3 is 15.0 Å². The number of benzene rings is 1. The molecule has 0 bridgehead atoms. The molecule has 1 saturated heterocycles. The van der Waals surface area contributed by atoms with Crippen molar-refractivity contribution in [2.45, 2.75) is 38.6 Å². The third-order valence-corrected chi connectivity index (χ3v) is 3.89. The summed E-state index contributed by atoms with van der Waals surface area (Å²) in [5.74, 6) is 0.993. The van der Waals surface area contributed by atoms with Gasteiger partial charge in [-0.1, -0.05) is 19.1 Å². The van der Waals surface area contributed by atoms with E-state index in [0.29, 0.717) is 25.9 Å². The van der Waals surface area contributed by atoms with E-state index in [0.717, 1.165) is 18.6 Å². The molecule has 2 amide bonds. The summed E-state index contributed by atoms with van der Waals surface area (Å²) >= 11 is 0. The highest BCUT2D eigenvalue weighted by atomic mass is 16.5. The lowest BCUT2D eigenvalue weighted by molar-refractivity contribution is -0.127. The van der Waals surface area contributed by atoms with Gasteiger partial charge in [0.25, 0.3) is 0 Å². The number of nitrogens with zero attached hydrogens (tertiary/aromatic N) is 1. The van der Waals surface area contributed by atoms with Crippen molar-refractivity contribution >= 4 is 11.8 Å². The Morgan fingerprint density at radius 2 is 2.09 bits per heavy atom. The summed E-state index contributed by atoms with van der Waals surface area (Å²) in [5.41, 5.74) is 1.17. The predicted molar refractivity (Wildman–Crippen MR) is 84.7 cm³/mol. The molecule has 1 heterocycles. The van der Waals surface area contributed by atoms with Crippen LogP contribution < -0.4 is 10.1 Å². The zero-order valence-electron chi connectivity index (χ0n) is 13.3. The second kappa shape index (κ2) is 7.82. The van der Waals surface area contributed by atoms with Crippen LogP contribution in [0.3, 0.4) is 0 Å². The van der Waals surface area contributed by atoms with Gasteiger partial charge in [0.1, 0.15) is 5.75 Å². The standard InChI is InChI=1S/C17H24N2O3/c1-3-4-16(20)18-14-11-17(21)19(12-14)10-9-13-5-7-15(22-2)8-6-13/h5-8,14H,3-4,9-12H2,1-2H3,(H,18,20)/t14-/m1/s1. The summed E-state index contributed by atoms with van der Waals surface area (Å²) in [5, 5.41) is 2.94. The van der Waals surface area contributed by atoms with Crippen molar-refractivity contribution < 1.29 is 14.3 Å². The van der Waals surface area contributed by atoms with E-state index in [1.807, 2.05) is 36.1 Å². The molecule has 1 aromatic rings. The SMILES string of the molecule is CCCC(=O)N[C@@H]1CC(=O)N(CCc2ccc(OC)cc2)C1. The molecule has 1 N–H and O–H groups in total. The average Bonchev–Trinajstić information content (AvgIpc) is 2.85. The van der Waals surface area contributed by atoms with Gasteiger partial charge in [0.15, 0.2) is 0 Å². The van der Waals surface area contributed by atoms with Crippen LogP contribution in [-0.2, 0) is 16.0 Å². The molecule has 120 valence electrons. The summed E-state index contributed by atoms with van der Waals surface area (Å²) in [4.78, 5) is 25.4. The van der Waals surface area contributed by atoms with Crippen molar-refractivity contribution in [3.8, 4) is 5.75 Å². The predicted octanol–water partition coefficient (Wildman–Crippen LogP) is 1.75. The molecule has 5 nitrogen and oxygen atoms in total. The van der Waals surface area contributed by atoms with E-state index in [-0.39, 0.29) is 17.9 Å². The van der Waals surface area contributed by atoms with Gasteiger partial charge >= 0.3 is 0 Å². The maximum atomic E-state index is 12.0. The highest BCUT2D eigenvalue weighted by Crippen LogP contribution is 2.15. The molecule has 0 aromatic heterocycles. The Balaban J connectivity index is 1.80. The minimum atomic E-state index is -0.0394. The number of likely N-dealkylation sites (tertiary alicyclic amines) is 1. The summed E-state index contributed by atoms with van der Waals surface area (Å²) in [6, 6.07) is 7.84. The second-order valence-electron chi connectivity index (χ2n) is 5.66. The number of methoxy groups -OCH3 is 1. The highest BCUT2D eigenvalue weighted by Gasteiger charge is 2.29. The monoisotopic (exact) mass is 304 g/mol. The van der Waals surface area contributed by atoms with Crippen molar-refractivity contribution in [2.24, 2.45) is 0 Å². The highest BCUT2D eigenvalue weighted by molar-refractivity contribution is 5.82. The first-order chi connectivity index (χ1) is 10.6. The Labute approximate surface area is 131 Å².